The molecule has 3 aromatic rings. The maximum atomic E-state index is 12.5. The Morgan fingerprint density at radius 3 is 2.41 bits per heavy atom. The van der Waals surface area contributed by atoms with Crippen LogP contribution >= 0.6 is 23.2 Å². The number of methoxy groups -OCH3 is 1. The molecule has 0 aliphatic carbocycles. The van der Waals surface area contributed by atoms with Gasteiger partial charge in [-0.05, 0) is 66.9 Å². The summed E-state index contributed by atoms with van der Waals surface area (Å²) in [4.78, 5) is 24.5. The molecule has 7 nitrogen and oxygen atoms in total. The number of benzene rings is 3. The van der Waals surface area contributed by atoms with E-state index in [1.807, 2.05) is 32.0 Å². The van der Waals surface area contributed by atoms with E-state index >= 15 is 0 Å². The molecular formula is C25H22Cl2N2O5. The Hall–Kier alpha value is -3.55. The van der Waals surface area contributed by atoms with Crippen molar-refractivity contribution in [3.05, 3.63) is 86.9 Å². The van der Waals surface area contributed by atoms with Crippen molar-refractivity contribution in [1.82, 2.24) is 5.43 Å². The summed E-state index contributed by atoms with van der Waals surface area (Å²) in [5.41, 5.74) is 5.08. The van der Waals surface area contributed by atoms with Crippen LogP contribution in [0.4, 0.5) is 0 Å². The number of hydrazone groups is 1. The number of carbonyl (C=O) groups is 2. The molecule has 1 amide bonds. The third-order valence-electron chi connectivity index (χ3n) is 4.70. The zero-order valence-electron chi connectivity index (χ0n) is 18.7. The molecule has 0 saturated carbocycles. The molecule has 34 heavy (non-hydrogen) atoms. The SMILES string of the molecule is COc1cc(C=NNC(=O)COc2c(C)cccc2C)ccc1OC(=O)c1ccc(Cl)cc1Cl. The van der Waals surface area contributed by atoms with E-state index in [2.05, 4.69) is 10.5 Å². The fourth-order valence-corrected chi connectivity index (χ4v) is 3.52. The second-order valence-corrected chi connectivity index (χ2v) is 8.07. The van der Waals surface area contributed by atoms with Crippen molar-refractivity contribution in [1.29, 1.82) is 0 Å². The molecule has 0 bridgehead atoms. The van der Waals surface area contributed by atoms with E-state index in [0.29, 0.717) is 22.1 Å². The quantitative estimate of drug-likeness (QED) is 0.194. The number of nitrogens with one attached hydrogen (secondary N) is 1. The number of carbonyl (C=O) groups excluding carboxylic acids is 2. The van der Waals surface area contributed by atoms with E-state index in [1.54, 1.807) is 24.3 Å². The molecule has 0 aliphatic heterocycles. The molecule has 0 fully saturated rings. The lowest BCUT2D eigenvalue weighted by molar-refractivity contribution is -0.123. The van der Waals surface area contributed by atoms with Crippen LogP contribution in [0.5, 0.6) is 17.2 Å². The standard InChI is InChI=1S/C25H22Cl2N2O5/c1-15-5-4-6-16(2)24(15)33-14-23(30)29-28-13-17-7-10-21(22(11-17)32-3)34-25(31)19-9-8-18(26)12-20(19)27/h4-13H,14H2,1-3H3,(H,29,30). The minimum Gasteiger partial charge on any atom is -0.493 e. The highest BCUT2D eigenvalue weighted by atomic mass is 35.5. The molecule has 0 unspecified atom stereocenters. The highest BCUT2D eigenvalue weighted by molar-refractivity contribution is 6.36. The Morgan fingerprint density at radius 1 is 1.00 bits per heavy atom. The molecule has 9 heteroatoms. The smallest absolute Gasteiger partial charge is 0.345 e. The van der Waals surface area contributed by atoms with Gasteiger partial charge in [-0.3, -0.25) is 4.79 Å². The van der Waals surface area contributed by atoms with Gasteiger partial charge < -0.3 is 14.2 Å². The van der Waals surface area contributed by atoms with Crippen molar-refractivity contribution in [2.75, 3.05) is 13.7 Å². The van der Waals surface area contributed by atoms with Crippen LogP contribution in [0.15, 0.2) is 59.7 Å². The molecule has 3 rings (SSSR count). The molecule has 0 heterocycles. The van der Waals surface area contributed by atoms with Gasteiger partial charge in [-0.25, -0.2) is 10.2 Å². The molecule has 176 valence electrons. The molecule has 0 atom stereocenters. The monoisotopic (exact) mass is 500 g/mol. The summed E-state index contributed by atoms with van der Waals surface area (Å²) in [6.07, 6.45) is 1.43. The molecule has 0 aromatic heterocycles. The Balaban J connectivity index is 1.60. The summed E-state index contributed by atoms with van der Waals surface area (Å²) in [5, 5.41) is 4.52. The van der Waals surface area contributed by atoms with Crippen molar-refractivity contribution in [3.63, 3.8) is 0 Å². The average molecular weight is 501 g/mol. The third kappa shape index (κ3) is 6.50. The molecular weight excluding hydrogens is 479 g/mol. The number of hydrogen-bond donors (Lipinski definition) is 1. The van der Waals surface area contributed by atoms with Crippen molar-refractivity contribution in [2.45, 2.75) is 13.8 Å². The van der Waals surface area contributed by atoms with E-state index in [-0.39, 0.29) is 22.9 Å². The van der Waals surface area contributed by atoms with Crippen LogP contribution < -0.4 is 19.6 Å². The number of para-hydroxylation sites is 1. The fraction of sp³-hybridized carbons (Fsp3) is 0.160. The Bertz CT molecular complexity index is 1220. The van der Waals surface area contributed by atoms with Crippen LogP contribution in [0, 0.1) is 13.8 Å². The van der Waals surface area contributed by atoms with Gasteiger partial charge in [0.1, 0.15) is 5.75 Å². The first-order valence-corrected chi connectivity index (χ1v) is 10.9. The molecule has 1 N–H and O–H groups in total. The van der Waals surface area contributed by atoms with Crippen LogP contribution in [0.1, 0.15) is 27.0 Å². The minimum absolute atomic E-state index is 0.171. The predicted octanol–water partition coefficient (Wildman–Crippen LogP) is 5.37. The number of rotatable bonds is 8. The topological polar surface area (TPSA) is 86.2 Å². The summed E-state index contributed by atoms with van der Waals surface area (Å²) in [6.45, 7) is 3.65. The Labute approximate surface area is 207 Å². The number of nitrogens with zero attached hydrogens (tertiary/aromatic N) is 1. The second-order valence-electron chi connectivity index (χ2n) is 7.23. The van der Waals surface area contributed by atoms with Gasteiger partial charge in [0.25, 0.3) is 5.91 Å². The van der Waals surface area contributed by atoms with E-state index in [9.17, 15) is 9.59 Å². The van der Waals surface area contributed by atoms with Gasteiger partial charge in [0, 0.05) is 5.02 Å². The van der Waals surface area contributed by atoms with Gasteiger partial charge in [-0.1, -0.05) is 41.4 Å². The van der Waals surface area contributed by atoms with Gasteiger partial charge in [-0.2, -0.15) is 5.10 Å². The summed E-state index contributed by atoms with van der Waals surface area (Å²) in [5.74, 6) is 0.110. The van der Waals surface area contributed by atoms with E-state index in [0.717, 1.165) is 11.1 Å². The van der Waals surface area contributed by atoms with Crippen LogP contribution in [-0.4, -0.2) is 31.8 Å². The van der Waals surface area contributed by atoms with Gasteiger partial charge in [0.2, 0.25) is 0 Å². The molecule has 0 spiro atoms. The second kappa shape index (κ2) is 11.5. The number of halogens is 2. The van der Waals surface area contributed by atoms with E-state index < -0.39 is 11.9 Å². The first kappa shape index (κ1) is 25.1. The summed E-state index contributed by atoms with van der Waals surface area (Å²) < 4.78 is 16.3. The normalized spacial score (nSPS) is 10.7. The van der Waals surface area contributed by atoms with Gasteiger partial charge in [0.05, 0.1) is 23.9 Å². The largest absolute Gasteiger partial charge is 0.493 e. The van der Waals surface area contributed by atoms with Crippen LogP contribution in [-0.2, 0) is 4.79 Å². The summed E-state index contributed by atoms with van der Waals surface area (Å²) >= 11 is 11.9. The van der Waals surface area contributed by atoms with Crippen molar-refractivity contribution >= 4 is 41.3 Å². The maximum Gasteiger partial charge on any atom is 0.345 e. The van der Waals surface area contributed by atoms with E-state index in [4.69, 9.17) is 37.4 Å². The maximum absolute atomic E-state index is 12.5. The van der Waals surface area contributed by atoms with Gasteiger partial charge in [0.15, 0.2) is 18.1 Å². The first-order chi connectivity index (χ1) is 16.3. The number of esters is 1. The van der Waals surface area contributed by atoms with Crippen LogP contribution in [0.3, 0.4) is 0 Å². The first-order valence-electron chi connectivity index (χ1n) is 10.1. The lowest BCUT2D eigenvalue weighted by Gasteiger charge is -2.11. The van der Waals surface area contributed by atoms with Crippen molar-refractivity contribution < 1.29 is 23.8 Å². The lowest BCUT2D eigenvalue weighted by Crippen LogP contribution is -2.25. The molecule has 0 saturated heterocycles. The number of ether oxygens (including phenoxy) is 3. The average Bonchev–Trinajstić information content (AvgIpc) is 2.79. The Morgan fingerprint density at radius 2 is 1.74 bits per heavy atom. The number of amides is 1. The number of aryl methyl sites for hydroxylation is 2. The zero-order chi connectivity index (χ0) is 24.7. The lowest BCUT2D eigenvalue weighted by atomic mass is 10.1. The van der Waals surface area contributed by atoms with Gasteiger partial charge >= 0.3 is 5.97 Å². The summed E-state index contributed by atoms with van der Waals surface area (Å²) in [6, 6.07) is 15.0. The van der Waals surface area contributed by atoms with Crippen LogP contribution in [0.25, 0.3) is 0 Å². The zero-order valence-corrected chi connectivity index (χ0v) is 20.2. The third-order valence-corrected chi connectivity index (χ3v) is 5.25. The predicted molar refractivity (Wildman–Crippen MR) is 132 cm³/mol. The van der Waals surface area contributed by atoms with Crippen molar-refractivity contribution in [3.8, 4) is 17.2 Å². The fourth-order valence-electron chi connectivity index (χ4n) is 3.03. The molecule has 3 aromatic carbocycles. The molecule has 0 aliphatic rings. The highest BCUT2D eigenvalue weighted by Gasteiger charge is 2.16. The van der Waals surface area contributed by atoms with Gasteiger partial charge in [-0.15, -0.1) is 0 Å². The van der Waals surface area contributed by atoms with E-state index in [1.165, 1.54) is 25.5 Å². The Kier molecular flexibility index (Phi) is 8.51. The minimum atomic E-state index is -0.655. The number of hydrogen-bond acceptors (Lipinski definition) is 6. The highest BCUT2D eigenvalue weighted by Crippen LogP contribution is 2.30. The van der Waals surface area contributed by atoms with Crippen LogP contribution in [0.2, 0.25) is 10.0 Å². The van der Waals surface area contributed by atoms with Crippen molar-refractivity contribution in [2.24, 2.45) is 5.10 Å². The summed E-state index contributed by atoms with van der Waals surface area (Å²) in [7, 11) is 1.44. The molecule has 0 radical (unpaired) electrons.